The molecule has 0 radical (unpaired) electrons. The molecule has 1 aliphatic rings. The summed E-state index contributed by atoms with van der Waals surface area (Å²) >= 11 is 0. The van der Waals surface area contributed by atoms with Gasteiger partial charge in [0, 0.05) is 26.3 Å². The van der Waals surface area contributed by atoms with Crippen LogP contribution in [0.3, 0.4) is 0 Å². The summed E-state index contributed by atoms with van der Waals surface area (Å²) in [6.45, 7) is 7.21. The molecule has 1 fully saturated rings. The van der Waals surface area contributed by atoms with Gasteiger partial charge in [-0.2, -0.15) is 8.42 Å². The summed E-state index contributed by atoms with van der Waals surface area (Å²) in [6, 6.07) is 0. The fourth-order valence-corrected chi connectivity index (χ4v) is 3.97. The Labute approximate surface area is 142 Å². The molecule has 3 heterocycles. The van der Waals surface area contributed by atoms with Crippen LogP contribution >= 0.6 is 0 Å². The fraction of sp³-hybridized carbons (Fsp3) is 0.533. The summed E-state index contributed by atoms with van der Waals surface area (Å²) in [6.07, 6.45) is 3.76. The van der Waals surface area contributed by atoms with Crippen LogP contribution in [0.2, 0.25) is 0 Å². The van der Waals surface area contributed by atoms with Gasteiger partial charge in [-0.25, -0.2) is 15.0 Å². The molecule has 0 atom stereocenters. The first kappa shape index (κ1) is 16.7. The number of aromatic nitrogens is 4. The Hall–Kier alpha value is -2.16. The average Bonchev–Trinajstić information content (AvgIpc) is 3.14. The van der Waals surface area contributed by atoms with E-state index in [0.717, 1.165) is 25.9 Å². The molecular weight excluding hydrogens is 328 g/mol. The van der Waals surface area contributed by atoms with Gasteiger partial charge in [-0.15, -0.1) is 0 Å². The lowest BCUT2D eigenvalue weighted by atomic mass is 10.3. The molecule has 0 aliphatic carbocycles. The van der Waals surface area contributed by atoms with Crippen molar-refractivity contribution >= 4 is 21.7 Å². The van der Waals surface area contributed by atoms with Gasteiger partial charge < -0.3 is 9.47 Å². The molecule has 1 saturated heterocycles. The molecule has 3 rings (SSSR count). The van der Waals surface area contributed by atoms with Crippen molar-refractivity contribution in [3.63, 3.8) is 0 Å². The number of rotatable bonds is 4. The number of sulfonamides is 1. The van der Waals surface area contributed by atoms with Crippen molar-refractivity contribution in [3.8, 4) is 0 Å². The maximum atomic E-state index is 12.6. The molecule has 2 aromatic rings. The summed E-state index contributed by atoms with van der Waals surface area (Å²) in [5.74, 6) is 1.29. The second kappa shape index (κ2) is 6.04. The lowest BCUT2D eigenvalue weighted by Crippen LogP contribution is -2.22. The minimum Gasteiger partial charge on any atom is -0.341 e. The third-order valence-corrected chi connectivity index (χ3v) is 5.47. The van der Waals surface area contributed by atoms with E-state index in [-0.39, 0.29) is 5.03 Å². The van der Waals surface area contributed by atoms with Crippen molar-refractivity contribution in [2.45, 2.75) is 38.6 Å². The predicted molar refractivity (Wildman–Crippen MR) is 91.7 cm³/mol. The zero-order chi connectivity index (χ0) is 17.5. The van der Waals surface area contributed by atoms with Gasteiger partial charge in [-0.3, -0.25) is 4.72 Å². The van der Waals surface area contributed by atoms with Gasteiger partial charge in [-0.05, 0) is 33.6 Å². The van der Waals surface area contributed by atoms with E-state index in [2.05, 4.69) is 24.6 Å². The molecule has 0 bridgehead atoms. The van der Waals surface area contributed by atoms with E-state index in [1.165, 1.54) is 6.20 Å². The molecule has 0 spiro atoms. The first-order chi connectivity index (χ1) is 11.3. The van der Waals surface area contributed by atoms with Crippen molar-refractivity contribution in [2.24, 2.45) is 7.05 Å². The van der Waals surface area contributed by atoms with Gasteiger partial charge >= 0.3 is 0 Å². The SMILES string of the molecule is Cc1nc(N2CCCC2)nc(C)c1NS(=O)(=O)c1cn(C)c(C)n1. The molecular formula is C15H22N6O2S. The Morgan fingerprint density at radius 2 is 1.62 bits per heavy atom. The molecule has 9 heteroatoms. The molecule has 130 valence electrons. The van der Waals surface area contributed by atoms with Crippen LogP contribution in [0.1, 0.15) is 30.1 Å². The number of nitrogens with one attached hydrogen (secondary N) is 1. The zero-order valence-electron chi connectivity index (χ0n) is 14.4. The van der Waals surface area contributed by atoms with Crippen LogP contribution in [0.5, 0.6) is 0 Å². The minimum atomic E-state index is -3.77. The van der Waals surface area contributed by atoms with Crippen molar-refractivity contribution in [1.82, 2.24) is 19.5 Å². The summed E-state index contributed by atoms with van der Waals surface area (Å²) < 4.78 is 29.4. The first-order valence-corrected chi connectivity index (χ1v) is 9.39. The highest BCUT2D eigenvalue weighted by atomic mass is 32.2. The summed E-state index contributed by atoms with van der Waals surface area (Å²) in [7, 11) is -2.01. The second-order valence-corrected chi connectivity index (χ2v) is 7.74. The lowest BCUT2D eigenvalue weighted by molar-refractivity contribution is 0.597. The summed E-state index contributed by atoms with van der Waals surface area (Å²) in [5.41, 5.74) is 1.64. The number of hydrogen-bond donors (Lipinski definition) is 1. The van der Waals surface area contributed by atoms with Gasteiger partial charge in [0.1, 0.15) is 5.82 Å². The highest BCUT2D eigenvalue weighted by Crippen LogP contribution is 2.25. The highest BCUT2D eigenvalue weighted by Gasteiger charge is 2.23. The second-order valence-electron chi connectivity index (χ2n) is 6.11. The van der Waals surface area contributed by atoms with Gasteiger partial charge in [-0.1, -0.05) is 0 Å². The van der Waals surface area contributed by atoms with Gasteiger partial charge in [0.05, 0.1) is 17.1 Å². The smallest absolute Gasteiger partial charge is 0.281 e. The topological polar surface area (TPSA) is 93.0 Å². The van der Waals surface area contributed by atoms with Crippen LogP contribution in [0.4, 0.5) is 11.6 Å². The van der Waals surface area contributed by atoms with Crippen LogP contribution in [-0.2, 0) is 17.1 Å². The highest BCUT2D eigenvalue weighted by molar-refractivity contribution is 7.92. The molecule has 0 amide bonds. The zero-order valence-corrected chi connectivity index (χ0v) is 15.2. The average molecular weight is 350 g/mol. The molecule has 8 nitrogen and oxygen atoms in total. The minimum absolute atomic E-state index is 0.00933. The number of aryl methyl sites for hydroxylation is 4. The van der Waals surface area contributed by atoms with E-state index in [0.29, 0.717) is 28.8 Å². The molecule has 1 aliphatic heterocycles. The number of imidazole rings is 1. The molecule has 1 N–H and O–H groups in total. The lowest BCUT2D eigenvalue weighted by Gasteiger charge is -2.18. The number of hydrogen-bond acceptors (Lipinski definition) is 6. The molecule has 0 saturated carbocycles. The Bertz CT molecular complexity index is 826. The van der Waals surface area contributed by atoms with Gasteiger partial charge in [0.15, 0.2) is 5.03 Å². The van der Waals surface area contributed by atoms with E-state index in [9.17, 15) is 8.42 Å². The predicted octanol–water partition coefficient (Wildman–Crippen LogP) is 1.54. The maximum absolute atomic E-state index is 12.6. The molecule has 2 aromatic heterocycles. The van der Waals surface area contributed by atoms with Crippen molar-refractivity contribution in [2.75, 3.05) is 22.7 Å². The Balaban J connectivity index is 1.92. The van der Waals surface area contributed by atoms with Crippen LogP contribution in [0, 0.1) is 20.8 Å². The molecule has 24 heavy (non-hydrogen) atoms. The third-order valence-electron chi connectivity index (χ3n) is 4.25. The monoisotopic (exact) mass is 350 g/mol. The molecule has 0 aromatic carbocycles. The van der Waals surface area contributed by atoms with Crippen molar-refractivity contribution in [3.05, 3.63) is 23.4 Å². The van der Waals surface area contributed by atoms with Crippen LogP contribution in [0.15, 0.2) is 11.2 Å². The van der Waals surface area contributed by atoms with Crippen molar-refractivity contribution in [1.29, 1.82) is 0 Å². The Morgan fingerprint density at radius 1 is 1.04 bits per heavy atom. The summed E-state index contributed by atoms with van der Waals surface area (Å²) in [4.78, 5) is 15.2. The van der Waals surface area contributed by atoms with Crippen molar-refractivity contribution < 1.29 is 8.42 Å². The van der Waals surface area contributed by atoms with E-state index in [4.69, 9.17) is 0 Å². The quantitative estimate of drug-likeness (QED) is 0.899. The van der Waals surface area contributed by atoms with Crippen LogP contribution < -0.4 is 9.62 Å². The first-order valence-electron chi connectivity index (χ1n) is 7.91. The van der Waals surface area contributed by atoms with Gasteiger partial charge in [0.25, 0.3) is 10.0 Å². The largest absolute Gasteiger partial charge is 0.341 e. The number of nitrogens with zero attached hydrogens (tertiary/aromatic N) is 5. The van der Waals surface area contributed by atoms with E-state index in [1.54, 1.807) is 32.4 Å². The Morgan fingerprint density at radius 3 is 2.12 bits per heavy atom. The summed E-state index contributed by atoms with van der Waals surface area (Å²) in [5, 5.41) is -0.00933. The normalized spacial score (nSPS) is 15.1. The number of anilines is 2. The fourth-order valence-electron chi connectivity index (χ4n) is 2.75. The maximum Gasteiger partial charge on any atom is 0.281 e. The third kappa shape index (κ3) is 3.08. The van der Waals surface area contributed by atoms with Crippen LogP contribution in [0.25, 0.3) is 0 Å². The standard InChI is InChI=1S/C15H22N6O2S/c1-10-14(11(2)17-15(16-10)21-7-5-6-8-21)19-24(22,23)13-9-20(4)12(3)18-13/h9,19H,5-8H2,1-4H3. The van der Waals surface area contributed by atoms with E-state index >= 15 is 0 Å². The van der Waals surface area contributed by atoms with E-state index < -0.39 is 10.0 Å². The Kier molecular flexibility index (Phi) is 4.20. The van der Waals surface area contributed by atoms with Gasteiger partial charge in [0.2, 0.25) is 5.95 Å². The van der Waals surface area contributed by atoms with Crippen LogP contribution in [-0.4, -0.2) is 41.0 Å². The van der Waals surface area contributed by atoms with E-state index in [1.807, 2.05) is 0 Å². The molecule has 0 unspecified atom stereocenters.